The Balaban J connectivity index is 0. The van der Waals surface area contributed by atoms with E-state index in [1.165, 1.54) is 0 Å². The van der Waals surface area contributed by atoms with E-state index in [-0.39, 0.29) is 62.8 Å². The van der Waals surface area contributed by atoms with Gasteiger partial charge in [0, 0.05) is 0 Å². The van der Waals surface area contributed by atoms with Crippen molar-refractivity contribution in [3.63, 3.8) is 0 Å². The van der Waals surface area contributed by atoms with E-state index in [2.05, 4.69) is 13.8 Å². The van der Waals surface area contributed by atoms with Gasteiger partial charge in [-0.25, -0.2) is 8.42 Å². The zero-order chi connectivity index (χ0) is 21.6. The predicted octanol–water partition coefficient (Wildman–Crippen LogP) is 3.43. The van der Waals surface area contributed by atoms with Gasteiger partial charge in [0.15, 0.2) is 5.25 Å². The molecule has 0 heterocycles. The van der Waals surface area contributed by atoms with Gasteiger partial charge in [-0.15, -0.1) is 0 Å². The van der Waals surface area contributed by atoms with Crippen molar-refractivity contribution in [3.05, 3.63) is 0 Å². The normalized spacial score (nSPS) is 14.4. The van der Waals surface area contributed by atoms with E-state index in [9.17, 15) is 22.6 Å². The summed E-state index contributed by atoms with van der Waals surface area (Å²) >= 11 is 0. The van der Waals surface area contributed by atoms with E-state index in [4.69, 9.17) is 9.47 Å². The van der Waals surface area contributed by atoms with Crippen molar-refractivity contribution in [1.29, 1.82) is 0 Å². The smallest absolute Gasteiger partial charge is 0.747 e. The molecule has 7 nitrogen and oxygen atoms in total. The summed E-state index contributed by atoms with van der Waals surface area (Å²) in [6.07, 6.45) is 6.58. The van der Waals surface area contributed by atoms with Crippen molar-refractivity contribution in [3.8, 4) is 0 Å². The summed E-state index contributed by atoms with van der Waals surface area (Å²) in [4.78, 5) is 24.1. The quantitative estimate of drug-likeness (QED) is 0.197. The maximum atomic E-state index is 12.1. The van der Waals surface area contributed by atoms with Gasteiger partial charge in [-0.3, -0.25) is 9.59 Å². The largest absolute Gasteiger partial charge is 2.00 e. The molecule has 0 amide bonds. The van der Waals surface area contributed by atoms with E-state index in [0.29, 0.717) is 0 Å². The van der Waals surface area contributed by atoms with E-state index < -0.39 is 33.7 Å². The van der Waals surface area contributed by atoms with Crippen LogP contribution in [0.3, 0.4) is 0 Å². The topological polar surface area (TPSA) is 110 Å². The summed E-state index contributed by atoms with van der Waals surface area (Å²) < 4.78 is 44.6. The molecule has 0 aliphatic rings. The fourth-order valence-corrected chi connectivity index (χ4v) is 3.46. The number of hydrogen-bond acceptors (Lipinski definition) is 7. The minimum absolute atomic E-state index is 0. The molecule has 3 unspecified atom stereocenters. The molecule has 0 aromatic carbocycles. The van der Waals surface area contributed by atoms with E-state index in [1.807, 2.05) is 13.8 Å². The third kappa shape index (κ3) is 14.7. The van der Waals surface area contributed by atoms with Crippen LogP contribution in [0.2, 0.25) is 0 Å². The monoisotopic (exact) mass is 461 g/mol. The molecule has 0 radical (unpaired) electrons. The number of rotatable bonds is 16. The Bertz CT molecular complexity index is 551. The summed E-state index contributed by atoms with van der Waals surface area (Å²) in [5.41, 5.74) is 0. The van der Waals surface area contributed by atoms with Crippen LogP contribution in [0.15, 0.2) is 0 Å². The maximum Gasteiger partial charge on any atom is 2.00 e. The molecule has 3 atom stereocenters. The number of carbonyl (C=O) groups is 2. The molecular formula is C20H37CaO7S+. The van der Waals surface area contributed by atoms with Crippen LogP contribution in [-0.4, -0.2) is 81.1 Å². The molecule has 0 aromatic heterocycles. The fraction of sp³-hybridized carbons (Fsp3) is 0.900. The summed E-state index contributed by atoms with van der Waals surface area (Å²) in [7, 11) is -5.01. The van der Waals surface area contributed by atoms with Crippen LogP contribution in [0.1, 0.15) is 85.5 Å². The number of unbranched alkanes of at least 4 members (excludes halogenated alkanes) is 2. The van der Waals surface area contributed by atoms with E-state index in [1.54, 1.807) is 0 Å². The van der Waals surface area contributed by atoms with Gasteiger partial charge in [-0.1, -0.05) is 66.2 Å². The van der Waals surface area contributed by atoms with Gasteiger partial charge >= 0.3 is 49.7 Å². The first kappa shape index (κ1) is 31.3. The minimum Gasteiger partial charge on any atom is -0.747 e. The zero-order valence-electron chi connectivity index (χ0n) is 18.5. The molecule has 0 saturated carbocycles. The molecule has 0 rings (SSSR count). The molecule has 0 bridgehead atoms. The van der Waals surface area contributed by atoms with Crippen molar-refractivity contribution in [1.82, 2.24) is 0 Å². The Morgan fingerprint density at radius 2 is 1.31 bits per heavy atom. The average molecular weight is 462 g/mol. The van der Waals surface area contributed by atoms with E-state index >= 15 is 0 Å². The molecular weight excluding hydrogens is 424 g/mol. The predicted molar refractivity (Wildman–Crippen MR) is 112 cm³/mol. The molecule has 29 heavy (non-hydrogen) atoms. The van der Waals surface area contributed by atoms with Crippen LogP contribution in [0.25, 0.3) is 0 Å². The van der Waals surface area contributed by atoms with Gasteiger partial charge in [0.2, 0.25) is 0 Å². The third-order valence-electron chi connectivity index (χ3n) is 4.99. The molecule has 0 aromatic rings. The Kier molecular flexibility index (Phi) is 19.2. The summed E-state index contributed by atoms with van der Waals surface area (Å²) in [6, 6.07) is 0. The summed E-state index contributed by atoms with van der Waals surface area (Å²) in [6.45, 7) is 8.26. The van der Waals surface area contributed by atoms with Crippen molar-refractivity contribution in [2.75, 3.05) is 13.2 Å². The van der Waals surface area contributed by atoms with Gasteiger partial charge in [-0.05, 0) is 24.7 Å². The minimum atomic E-state index is -5.01. The SMILES string of the molecule is CCCCC(CC)COC(=O)CC(C(=O)OCC(CC)CCCC)S(=O)(=O)[O-].[Ca+2]. The number of ether oxygens (including phenoxy) is 2. The number of carbonyl (C=O) groups excluding carboxylic acids is 2. The van der Waals surface area contributed by atoms with Gasteiger partial charge in [0.05, 0.1) is 19.6 Å². The number of hydrogen-bond donors (Lipinski definition) is 0. The van der Waals surface area contributed by atoms with Crippen molar-refractivity contribution in [2.45, 2.75) is 90.7 Å². The first-order valence-electron chi connectivity index (χ1n) is 10.5. The zero-order valence-corrected chi connectivity index (χ0v) is 21.5. The first-order valence-corrected chi connectivity index (χ1v) is 11.9. The molecule has 9 heteroatoms. The molecule has 0 saturated heterocycles. The molecule has 0 aliphatic carbocycles. The Hall–Kier alpha value is 0.110. The Morgan fingerprint density at radius 3 is 1.69 bits per heavy atom. The second-order valence-electron chi connectivity index (χ2n) is 7.33. The molecule has 0 spiro atoms. The molecule has 0 aliphatic heterocycles. The molecule has 166 valence electrons. The fourth-order valence-electron chi connectivity index (χ4n) is 2.81. The van der Waals surface area contributed by atoms with Crippen LogP contribution in [-0.2, 0) is 29.2 Å². The van der Waals surface area contributed by atoms with Crippen LogP contribution in [0.4, 0.5) is 0 Å². The van der Waals surface area contributed by atoms with Crippen LogP contribution >= 0.6 is 0 Å². The first-order chi connectivity index (χ1) is 13.2. The van der Waals surface area contributed by atoms with Crippen molar-refractivity contribution in [2.24, 2.45) is 11.8 Å². The van der Waals surface area contributed by atoms with Crippen LogP contribution in [0, 0.1) is 11.8 Å². The molecule has 0 fully saturated rings. The van der Waals surface area contributed by atoms with Gasteiger partial charge in [0.25, 0.3) is 0 Å². The number of esters is 2. The average Bonchev–Trinajstić information content (AvgIpc) is 2.65. The third-order valence-corrected chi connectivity index (χ3v) is 6.05. The van der Waals surface area contributed by atoms with Crippen LogP contribution < -0.4 is 0 Å². The van der Waals surface area contributed by atoms with Gasteiger partial charge in [0.1, 0.15) is 10.1 Å². The Labute approximate surface area is 206 Å². The van der Waals surface area contributed by atoms with E-state index in [0.717, 1.165) is 51.4 Å². The molecule has 0 N–H and O–H groups in total. The maximum absolute atomic E-state index is 12.1. The van der Waals surface area contributed by atoms with Crippen LogP contribution in [0.5, 0.6) is 0 Å². The Morgan fingerprint density at radius 1 is 0.862 bits per heavy atom. The standard InChI is InChI=1S/C20H38O7S.Ca/c1-5-9-11-16(7-3)14-26-19(21)13-18(28(23,24)25)20(22)27-15-17(8-4)12-10-6-2;/h16-18H,5-15H2,1-4H3,(H,23,24,25);/q;+2/p-1. The van der Waals surface area contributed by atoms with Crippen molar-refractivity contribution >= 4 is 59.8 Å². The second kappa shape index (κ2) is 17.8. The van der Waals surface area contributed by atoms with Gasteiger partial charge in [-0.2, -0.15) is 0 Å². The summed E-state index contributed by atoms with van der Waals surface area (Å²) in [5, 5.41) is -2.06. The summed E-state index contributed by atoms with van der Waals surface area (Å²) in [5.74, 6) is -1.74. The van der Waals surface area contributed by atoms with Gasteiger partial charge < -0.3 is 14.0 Å². The second-order valence-corrected chi connectivity index (χ2v) is 8.89. The van der Waals surface area contributed by atoms with Crippen molar-refractivity contribution < 1.29 is 32.0 Å².